The van der Waals surface area contributed by atoms with Crippen molar-refractivity contribution in [3.8, 4) is 11.3 Å². The van der Waals surface area contributed by atoms with Gasteiger partial charge in [-0.25, -0.2) is 18.8 Å². The lowest BCUT2D eigenvalue weighted by molar-refractivity contribution is -0.128. The van der Waals surface area contributed by atoms with Crippen LogP contribution in [0.5, 0.6) is 0 Å². The minimum absolute atomic E-state index is 0.0155. The zero-order valence-corrected chi connectivity index (χ0v) is 36.9. The number of carbonyl (C=O) groups is 6. The van der Waals surface area contributed by atoms with E-state index in [1.165, 1.54) is 17.0 Å². The monoisotopic (exact) mass is 891 g/mol. The number of H-pyrrole nitrogens is 1. The highest BCUT2D eigenvalue weighted by molar-refractivity contribution is 8.76. The minimum atomic E-state index is -0.854. The summed E-state index contributed by atoms with van der Waals surface area (Å²) in [6.07, 6.45) is 2.58. The van der Waals surface area contributed by atoms with Crippen LogP contribution in [0.1, 0.15) is 66.6 Å². The van der Waals surface area contributed by atoms with Gasteiger partial charge < -0.3 is 46.4 Å². The van der Waals surface area contributed by atoms with Crippen LogP contribution in [-0.4, -0.2) is 90.5 Å². The van der Waals surface area contributed by atoms with E-state index in [-0.39, 0.29) is 49.7 Å². The highest BCUT2D eigenvalue weighted by Crippen LogP contribution is 2.35. The Kier molecular flexibility index (Phi) is 17.5. The second-order valence-corrected chi connectivity index (χ2v) is 18.0. The molecule has 2 heterocycles. The molecule has 0 spiro atoms. The van der Waals surface area contributed by atoms with Crippen LogP contribution >= 0.6 is 21.6 Å². The van der Waals surface area contributed by atoms with Gasteiger partial charge in [-0.2, -0.15) is 0 Å². The quantitative estimate of drug-likeness (QED) is 0.0367. The Hall–Kier alpha value is -5.75. The SMILES string of the molecule is CSSCCOC(=O)N[C@H](C(=O)C[C@@H](CCCCNC(N)=O)C(=O)Nc1ccc(COC(=O)N(C)Cc2ccc(-c3[nH]c4cc(F)cc5c4c3CCNC5=O)cc2)cc1)C(C)C. The van der Waals surface area contributed by atoms with E-state index in [4.69, 9.17) is 15.2 Å². The molecule has 0 fully saturated rings. The zero-order valence-electron chi connectivity index (χ0n) is 35.3. The number of ether oxygens (including phenoxy) is 2. The molecular weight excluding hydrogens is 838 g/mol. The normalized spacial score (nSPS) is 13.1. The molecule has 332 valence electrons. The number of anilines is 1. The number of hydrogen-bond donors (Lipinski definition) is 6. The van der Waals surface area contributed by atoms with Crippen molar-refractivity contribution in [1.82, 2.24) is 25.8 Å². The van der Waals surface area contributed by atoms with Crippen LogP contribution in [0.3, 0.4) is 0 Å². The first-order valence-electron chi connectivity index (χ1n) is 20.4. The number of Topliss-reactive ketones (excluding diaryl/α,β-unsaturated/α-hetero) is 1. The molecule has 0 saturated heterocycles. The Labute approximate surface area is 367 Å². The van der Waals surface area contributed by atoms with Crippen LogP contribution in [0.15, 0.2) is 60.7 Å². The van der Waals surface area contributed by atoms with E-state index in [0.29, 0.717) is 66.9 Å². The smallest absolute Gasteiger partial charge is 0.410 e. The zero-order chi connectivity index (χ0) is 44.8. The number of aromatic amines is 1. The summed E-state index contributed by atoms with van der Waals surface area (Å²) in [5.74, 6) is -1.84. The first-order chi connectivity index (χ1) is 29.7. The van der Waals surface area contributed by atoms with Gasteiger partial charge in [0, 0.05) is 67.1 Å². The summed E-state index contributed by atoms with van der Waals surface area (Å²) >= 11 is 0. The second kappa shape index (κ2) is 22.9. The van der Waals surface area contributed by atoms with Gasteiger partial charge in [-0.3, -0.25) is 14.4 Å². The van der Waals surface area contributed by atoms with Crippen LogP contribution in [0.4, 0.5) is 24.5 Å². The molecule has 0 unspecified atom stereocenters. The summed E-state index contributed by atoms with van der Waals surface area (Å²) in [5, 5.41) is 11.6. The lowest BCUT2D eigenvalue weighted by atomic mass is 9.89. The maximum Gasteiger partial charge on any atom is 0.410 e. The van der Waals surface area contributed by atoms with Crippen LogP contribution in [0.2, 0.25) is 0 Å². The molecule has 0 aliphatic carbocycles. The van der Waals surface area contributed by atoms with E-state index < -0.39 is 36.0 Å². The molecule has 1 aromatic heterocycles. The number of benzene rings is 3. The molecule has 2 atom stereocenters. The molecule has 0 saturated carbocycles. The molecule has 5 rings (SSSR count). The van der Waals surface area contributed by atoms with Gasteiger partial charge in [0.15, 0.2) is 5.78 Å². The van der Waals surface area contributed by atoms with Crippen LogP contribution in [-0.2, 0) is 38.6 Å². The number of nitrogens with two attached hydrogens (primary N) is 1. The van der Waals surface area contributed by atoms with E-state index in [1.54, 1.807) is 66.7 Å². The van der Waals surface area contributed by atoms with E-state index >= 15 is 0 Å². The summed E-state index contributed by atoms with van der Waals surface area (Å²) < 4.78 is 25.1. The van der Waals surface area contributed by atoms with Crippen LogP contribution < -0.4 is 27.0 Å². The van der Waals surface area contributed by atoms with Crippen molar-refractivity contribution in [2.24, 2.45) is 17.6 Å². The van der Waals surface area contributed by atoms with E-state index in [0.717, 1.165) is 27.8 Å². The highest BCUT2D eigenvalue weighted by atomic mass is 33.1. The molecular formula is C44H54FN7O8S2. The van der Waals surface area contributed by atoms with Crippen molar-refractivity contribution in [2.75, 3.05) is 44.1 Å². The lowest BCUT2D eigenvalue weighted by Gasteiger charge is -2.24. The summed E-state index contributed by atoms with van der Waals surface area (Å²) in [5.41, 5.74) is 10.7. The molecule has 6 amide bonds. The van der Waals surface area contributed by atoms with Gasteiger partial charge in [0.2, 0.25) is 5.91 Å². The topological polar surface area (TPSA) is 214 Å². The molecule has 62 heavy (non-hydrogen) atoms. The van der Waals surface area contributed by atoms with Crippen molar-refractivity contribution in [2.45, 2.75) is 65.1 Å². The fourth-order valence-electron chi connectivity index (χ4n) is 7.20. The predicted molar refractivity (Wildman–Crippen MR) is 240 cm³/mol. The van der Waals surface area contributed by atoms with Gasteiger partial charge in [0.05, 0.1) is 11.6 Å². The fraction of sp³-hybridized carbons (Fsp3) is 0.409. The van der Waals surface area contributed by atoms with Gasteiger partial charge in [0.25, 0.3) is 5.91 Å². The number of ketones is 1. The molecule has 1 aliphatic rings. The highest BCUT2D eigenvalue weighted by Gasteiger charge is 2.30. The lowest BCUT2D eigenvalue weighted by Crippen LogP contribution is -2.46. The Morgan fingerprint density at radius 3 is 2.40 bits per heavy atom. The molecule has 18 heteroatoms. The average molecular weight is 892 g/mol. The number of hydrogen-bond acceptors (Lipinski definition) is 10. The number of nitrogens with one attached hydrogen (secondary N) is 5. The fourth-order valence-corrected chi connectivity index (χ4v) is 8.22. The van der Waals surface area contributed by atoms with Gasteiger partial charge >= 0.3 is 18.2 Å². The second-order valence-electron chi connectivity index (χ2n) is 15.3. The van der Waals surface area contributed by atoms with Crippen molar-refractivity contribution in [3.63, 3.8) is 0 Å². The third-order valence-corrected chi connectivity index (χ3v) is 12.1. The predicted octanol–water partition coefficient (Wildman–Crippen LogP) is 7.14. The summed E-state index contributed by atoms with van der Waals surface area (Å²) in [6, 6.07) is 15.6. The van der Waals surface area contributed by atoms with Gasteiger partial charge in [-0.15, -0.1) is 0 Å². The van der Waals surface area contributed by atoms with Gasteiger partial charge in [0.1, 0.15) is 19.0 Å². The molecule has 4 aromatic rings. The summed E-state index contributed by atoms with van der Waals surface area (Å²) in [6.45, 7) is 4.83. The number of primary amides is 1. The van der Waals surface area contributed by atoms with Crippen molar-refractivity contribution < 1.29 is 42.6 Å². The first-order valence-corrected chi connectivity index (χ1v) is 23.1. The van der Waals surface area contributed by atoms with E-state index in [1.807, 2.05) is 30.5 Å². The number of halogens is 1. The van der Waals surface area contributed by atoms with Crippen molar-refractivity contribution >= 4 is 74.0 Å². The molecule has 3 aromatic carbocycles. The number of alkyl carbamates (subject to hydrolysis) is 1. The number of aromatic nitrogens is 1. The maximum absolute atomic E-state index is 14.3. The molecule has 1 aliphatic heterocycles. The Morgan fingerprint density at radius 1 is 0.984 bits per heavy atom. The number of carbonyl (C=O) groups excluding carboxylic acids is 6. The van der Waals surface area contributed by atoms with Crippen LogP contribution in [0.25, 0.3) is 22.2 Å². The largest absolute Gasteiger partial charge is 0.449 e. The molecule has 15 nitrogen and oxygen atoms in total. The number of urea groups is 1. The third kappa shape index (κ3) is 13.4. The summed E-state index contributed by atoms with van der Waals surface area (Å²) in [7, 11) is 4.74. The third-order valence-electron chi connectivity index (χ3n) is 10.3. The average Bonchev–Trinajstić information content (AvgIpc) is 3.51. The molecule has 0 radical (unpaired) electrons. The van der Waals surface area contributed by atoms with Gasteiger partial charge in [-0.1, -0.05) is 78.3 Å². The number of nitrogens with zero attached hydrogens (tertiary/aromatic N) is 1. The summed E-state index contributed by atoms with van der Waals surface area (Å²) in [4.78, 5) is 81.0. The maximum atomic E-state index is 14.3. The molecule has 0 bridgehead atoms. The Morgan fingerprint density at radius 2 is 1.71 bits per heavy atom. The molecule has 7 N–H and O–H groups in total. The van der Waals surface area contributed by atoms with Gasteiger partial charge in [-0.05, 0) is 78.0 Å². The first kappa shape index (κ1) is 47.3. The number of unbranched alkanes of at least 4 members (excludes halogenated alkanes) is 1. The Balaban J connectivity index is 1.14. The standard InChI is InChI=1S/C44H54FN7O8S2/c1-26(2)38(51-43(57)59-19-20-62-61-4)36(53)21-30(7-5-6-17-48-42(46)56)40(54)49-32-14-10-28(11-15-32)25-60-44(58)52(3)24-27-8-12-29(13-9-27)39-33-16-18-47-41(55)34-22-31(45)23-35(50-39)37(33)34/h8-15,22-23,26,30,38,50H,5-7,16-21,24-25H2,1-4H3,(H,47,55)(H,49,54)(H,51,57)(H3,46,48,56)/t30-,38+/m1/s1. The van der Waals surface area contributed by atoms with Crippen molar-refractivity contribution in [3.05, 3.63) is 88.7 Å². The Bertz CT molecular complexity index is 2220. The van der Waals surface area contributed by atoms with Crippen molar-refractivity contribution in [1.29, 1.82) is 0 Å². The number of amides is 6. The minimum Gasteiger partial charge on any atom is -0.449 e. The van der Waals surface area contributed by atoms with Crippen LogP contribution in [0, 0.1) is 17.7 Å². The number of rotatable bonds is 21. The van der Waals surface area contributed by atoms with E-state index in [9.17, 15) is 33.2 Å². The van der Waals surface area contributed by atoms with E-state index in [2.05, 4.69) is 26.3 Å².